The minimum atomic E-state index is -0.634. The van der Waals surface area contributed by atoms with Crippen LogP contribution in [0.25, 0.3) is 0 Å². The number of halogens is 2. The van der Waals surface area contributed by atoms with E-state index in [1.54, 1.807) is 0 Å². The van der Waals surface area contributed by atoms with Gasteiger partial charge in [0.1, 0.15) is 10.6 Å². The zero-order valence-corrected chi connectivity index (χ0v) is 12.2. The van der Waals surface area contributed by atoms with Crippen molar-refractivity contribution in [1.29, 1.82) is 0 Å². The lowest BCUT2D eigenvalue weighted by molar-refractivity contribution is -0.385. The van der Waals surface area contributed by atoms with Gasteiger partial charge < -0.3 is 10.6 Å². The fourth-order valence-corrected chi connectivity index (χ4v) is 2.37. The van der Waals surface area contributed by atoms with Crippen molar-refractivity contribution in [2.45, 2.75) is 18.9 Å². The lowest BCUT2D eigenvalue weighted by atomic mass is 10.1. The van der Waals surface area contributed by atoms with Crippen molar-refractivity contribution in [3.63, 3.8) is 0 Å². The number of nitrogens with zero attached hydrogens (tertiary/aromatic N) is 1. The molecule has 0 aromatic heterocycles. The summed E-state index contributed by atoms with van der Waals surface area (Å²) in [6, 6.07) is 4.57. The molecule has 1 saturated heterocycles. The third kappa shape index (κ3) is 3.82. The molecule has 1 aliphatic heterocycles. The molecule has 1 heterocycles. The molecule has 8 heteroatoms. The van der Waals surface area contributed by atoms with E-state index in [1.807, 2.05) is 0 Å². The quantitative estimate of drug-likeness (QED) is 0.658. The fourth-order valence-electron chi connectivity index (χ4n) is 2.13. The predicted molar refractivity (Wildman–Crippen MR) is 78.7 cm³/mol. The summed E-state index contributed by atoms with van der Waals surface area (Å²) in [4.78, 5) is 22.3. The number of amides is 1. The summed E-state index contributed by atoms with van der Waals surface area (Å²) in [5.41, 5.74) is -0.350. The second-order valence-corrected chi connectivity index (χ2v) is 4.80. The van der Waals surface area contributed by atoms with Crippen LogP contribution in [0.1, 0.15) is 23.2 Å². The first-order chi connectivity index (χ1) is 9.09. The van der Waals surface area contributed by atoms with Crippen LogP contribution in [0.2, 0.25) is 5.02 Å². The number of rotatable bonds is 4. The van der Waals surface area contributed by atoms with Crippen LogP contribution < -0.4 is 10.6 Å². The third-order valence-corrected chi connectivity index (χ3v) is 3.39. The van der Waals surface area contributed by atoms with Crippen molar-refractivity contribution in [3.05, 3.63) is 38.9 Å². The maximum atomic E-state index is 12.0. The van der Waals surface area contributed by atoms with Crippen LogP contribution in [0.4, 0.5) is 5.69 Å². The monoisotopic (exact) mass is 319 g/mol. The Labute approximate surface area is 127 Å². The smallest absolute Gasteiger partial charge is 0.300 e. The van der Waals surface area contributed by atoms with Gasteiger partial charge in [-0.2, -0.15) is 0 Å². The third-order valence-electron chi connectivity index (χ3n) is 3.09. The summed E-state index contributed by atoms with van der Waals surface area (Å²) >= 11 is 5.76. The molecular formula is C12H15Cl2N3O3. The Balaban J connectivity index is 0.00000200. The minimum absolute atomic E-state index is 0. The highest BCUT2D eigenvalue weighted by Gasteiger charge is 2.24. The summed E-state index contributed by atoms with van der Waals surface area (Å²) in [5.74, 6) is -0.470. The van der Waals surface area contributed by atoms with Gasteiger partial charge in [0, 0.05) is 12.6 Å². The summed E-state index contributed by atoms with van der Waals surface area (Å²) < 4.78 is 0. The Kier molecular flexibility index (Phi) is 6.19. The summed E-state index contributed by atoms with van der Waals surface area (Å²) in [5, 5.41) is 16.8. The van der Waals surface area contributed by atoms with Crippen LogP contribution in [-0.2, 0) is 0 Å². The Morgan fingerprint density at radius 1 is 1.55 bits per heavy atom. The van der Waals surface area contributed by atoms with Crippen molar-refractivity contribution < 1.29 is 9.72 Å². The zero-order chi connectivity index (χ0) is 13.8. The van der Waals surface area contributed by atoms with Gasteiger partial charge in [-0.25, -0.2) is 0 Å². The van der Waals surface area contributed by atoms with Gasteiger partial charge in [0.25, 0.3) is 5.91 Å². The van der Waals surface area contributed by atoms with Crippen molar-refractivity contribution in [1.82, 2.24) is 10.6 Å². The van der Waals surface area contributed by atoms with Crippen LogP contribution in [0.5, 0.6) is 0 Å². The van der Waals surface area contributed by atoms with Crippen LogP contribution in [0.15, 0.2) is 18.2 Å². The number of carbonyl (C=O) groups excluding carboxylic acids is 1. The van der Waals surface area contributed by atoms with E-state index in [9.17, 15) is 14.9 Å². The topological polar surface area (TPSA) is 84.3 Å². The number of hydrogen-bond acceptors (Lipinski definition) is 4. The molecule has 2 rings (SSSR count). The first-order valence-electron chi connectivity index (χ1n) is 6.04. The van der Waals surface area contributed by atoms with Gasteiger partial charge in [-0.05, 0) is 31.5 Å². The summed E-state index contributed by atoms with van der Waals surface area (Å²) in [6.07, 6.45) is 2.08. The fraction of sp³-hybridized carbons (Fsp3) is 0.417. The molecule has 1 amide bonds. The Bertz CT molecular complexity index is 505. The van der Waals surface area contributed by atoms with Crippen LogP contribution >= 0.6 is 24.0 Å². The van der Waals surface area contributed by atoms with E-state index in [4.69, 9.17) is 11.6 Å². The number of hydrogen-bond donors (Lipinski definition) is 2. The van der Waals surface area contributed by atoms with E-state index in [-0.39, 0.29) is 34.7 Å². The molecule has 20 heavy (non-hydrogen) atoms. The Morgan fingerprint density at radius 3 is 2.90 bits per heavy atom. The van der Waals surface area contributed by atoms with E-state index in [0.29, 0.717) is 6.54 Å². The van der Waals surface area contributed by atoms with Crippen molar-refractivity contribution in [3.8, 4) is 0 Å². The molecule has 1 fully saturated rings. The van der Waals surface area contributed by atoms with Crippen LogP contribution in [0.3, 0.4) is 0 Å². The van der Waals surface area contributed by atoms with Crippen molar-refractivity contribution in [2.24, 2.45) is 0 Å². The van der Waals surface area contributed by atoms with Crippen molar-refractivity contribution in [2.75, 3.05) is 13.1 Å². The second kappa shape index (κ2) is 7.42. The van der Waals surface area contributed by atoms with Gasteiger partial charge in [0.2, 0.25) is 0 Å². The average molecular weight is 320 g/mol. The zero-order valence-electron chi connectivity index (χ0n) is 10.6. The normalized spacial score (nSPS) is 17.4. The summed E-state index contributed by atoms with van der Waals surface area (Å²) in [6.45, 7) is 1.40. The van der Waals surface area contributed by atoms with Crippen LogP contribution in [0, 0.1) is 10.1 Å². The van der Waals surface area contributed by atoms with Gasteiger partial charge in [0.15, 0.2) is 0 Å². The molecule has 0 radical (unpaired) electrons. The Morgan fingerprint density at radius 2 is 2.30 bits per heavy atom. The second-order valence-electron chi connectivity index (χ2n) is 4.40. The highest BCUT2D eigenvalue weighted by molar-refractivity contribution is 6.33. The Hall–Kier alpha value is -1.37. The summed E-state index contributed by atoms with van der Waals surface area (Å²) in [7, 11) is 0. The van der Waals surface area contributed by atoms with E-state index >= 15 is 0 Å². The molecule has 0 saturated carbocycles. The van der Waals surface area contributed by atoms with E-state index < -0.39 is 10.8 Å². The van der Waals surface area contributed by atoms with Gasteiger partial charge in [0.05, 0.1) is 4.92 Å². The molecule has 1 atom stereocenters. The SMILES string of the molecule is Cl.O=C(NCC1CCCN1)c1cccc(Cl)c1[N+](=O)[O-]. The highest BCUT2D eigenvalue weighted by atomic mass is 35.5. The molecule has 1 aromatic rings. The largest absolute Gasteiger partial charge is 0.350 e. The van der Waals surface area contributed by atoms with Crippen molar-refractivity contribution >= 4 is 35.6 Å². The molecule has 1 aromatic carbocycles. The maximum absolute atomic E-state index is 12.0. The van der Waals surface area contributed by atoms with Gasteiger partial charge in [-0.15, -0.1) is 12.4 Å². The maximum Gasteiger partial charge on any atom is 0.300 e. The number of para-hydroxylation sites is 1. The molecule has 1 aliphatic rings. The molecular weight excluding hydrogens is 305 g/mol. The molecule has 2 N–H and O–H groups in total. The number of nitro benzene ring substituents is 1. The lowest BCUT2D eigenvalue weighted by Gasteiger charge is -2.11. The number of carbonyl (C=O) groups is 1. The first-order valence-corrected chi connectivity index (χ1v) is 6.42. The molecule has 110 valence electrons. The molecule has 0 aliphatic carbocycles. The van der Waals surface area contributed by atoms with E-state index in [2.05, 4.69) is 10.6 Å². The van der Waals surface area contributed by atoms with Gasteiger partial charge in [-0.1, -0.05) is 17.7 Å². The minimum Gasteiger partial charge on any atom is -0.350 e. The number of benzene rings is 1. The molecule has 6 nitrogen and oxygen atoms in total. The molecule has 0 spiro atoms. The molecule has 0 bridgehead atoms. The van der Waals surface area contributed by atoms with Gasteiger partial charge in [-0.3, -0.25) is 14.9 Å². The van der Waals surface area contributed by atoms with Crippen LogP contribution in [-0.4, -0.2) is 30.0 Å². The van der Waals surface area contributed by atoms with E-state index in [1.165, 1.54) is 18.2 Å². The number of nitrogens with one attached hydrogen (secondary N) is 2. The molecule has 1 unspecified atom stereocenters. The number of nitro groups is 1. The standard InChI is InChI=1S/C12H14ClN3O3.ClH/c13-10-5-1-4-9(11(10)16(18)19)12(17)15-7-8-3-2-6-14-8;/h1,4-5,8,14H,2-3,6-7H2,(H,15,17);1H. The van der Waals surface area contributed by atoms with E-state index in [0.717, 1.165) is 19.4 Å². The highest BCUT2D eigenvalue weighted by Crippen LogP contribution is 2.27. The van der Waals surface area contributed by atoms with Gasteiger partial charge >= 0.3 is 5.69 Å². The predicted octanol–water partition coefficient (Wildman–Crippen LogP) is 2.15. The average Bonchev–Trinajstić information content (AvgIpc) is 2.88. The lowest BCUT2D eigenvalue weighted by Crippen LogP contribution is -2.37. The first kappa shape index (κ1) is 16.7.